The molecule has 0 unspecified atom stereocenters. The minimum Gasteiger partial charge on any atom is -0.278 e. The summed E-state index contributed by atoms with van der Waals surface area (Å²) in [6.45, 7) is 0. The maximum atomic E-state index is 5.42. The van der Waals surface area contributed by atoms with Crippen LogP contribution in [0, 0.1) is 0 Å². The molecular weight excluding hydrogens is 611 g/mol. The number of aromatic nitrogens is 3. The molecule has 0 N–H and O–H groups in total. The zero-order valence-electron chi connectivity index (χ0n) is 24.9. The lowest BCUT2D eigenvalue weighted by atomic mass is 10.0. The van der Waals surface area contributed by atoms with E-state index in [9.17, 15) is 0 Å². The van der Waals surface area contributed by atoms with Crippen LogP contribution < -0.4 is 0 Å². The molecule has 0 aliphatic rings. The fraction of sp³-hybridized carbons (Fsp3) is 0. The molecule has 4 heterocycles. The predicted octanol–water partition coefficient (Wildman–Crippen LogP) is 12.3. The van der Waals surface area contributed by atoms with Crippen molar-refractivity contribution in [2.24, 2.45) is 0 Å². The van der Waals surface area contributed by atoms with Crippen molar-refractivity contribution in [2.75, 3.05) is 0 Å². The highest BCUT2D eigenvalue weighted by atomic mass is 32.1. The predicted molar refractivity (Wildman–Crippen MR) is 203 cm³/mol. The fourth-order valence-corrected chi connectivity index (χ4v) is 9.71. The minimum atomic E-state index is 0.685. The second-order valence-electron chi connectivity index (χ2n) is 12.2. The first-order chi connectivity index (χ1) is 23.3. The Bertz CT molecular complexity index is 3090. The maximum absolute atomic E-state index is 5.42. The van der Waals surface area contributed by atoms with Crippen LogP contribution in [0.5, 0.6) is 0 Å². The van der Waals surface area contributed by atoms with Gasteiger partial charge in [0.2, 0.25) is 5.95 Å². The Kier molecular flexibility index (Phi) is 5.14. The third-order valence-corrected chi connectivity index (χ3v) is 11.8. The molecule has 0 saturated heterocycles. The smallest absolute Gasteiger partial charge is 0.235 e. The van der Waals surface area contributed by atoms with Crippen molar-refractivity contribution in [3.8, 4) is 17.2 Å². The first-order valence-corrected chi connectivity index (χ1v) is 17.4. The summed E-state index contributed by atoms with van der Waals surface area (Å²) < 4.78 is 7.46. The Morgan fingerprint density at radius 2 is 1.11 bits per heavy atom. The molecule has 11 rings (SSSR count). The summed E-state index contributed by atoms with van der Waals surface area (Å²) in [5, 5.41) is 11.2. The van der Waals surface area contributed by atoms with Crippen molar-refractivity contribution in [3.63, 3.8) is 0 Å². The van der Waals surface area contributed by atoms with Crippen LogP contribution in [0.15, 0.2) is 140 Å². The van der Waals surface area contributed by atoms with Gasteiger partial charge < -0.3 is 0 Å². The van der Waals surface area contributed by atoms with Crippen LogP contribution in [0.4, 0.5) is 0 Å². The van der Waals surface area contributed by atoms with Gasteiger partial charge in [0.25, 0.3) is 0 Å². The second-order valence-corrected chi connectivity index (χ2v) is 14.3. The molecule has 0 saturated carbocycles. The molecule has 0 bridgehead atoms. The number of thiophene rings is 2. The van der Waals surface area contributed by atoms with E-state index >= 15 is 0 Å². The normalized spacial score (nSPS) is 12.3. The second kappa shape index (κ2) is 9.46. The van der Waals surface area contributed by atoms with E-state index in [1.807, 2.05) is 22.7 Å². The van der Waals surface area contributed by atoms with Crippen LogP contribution in [0.3, 0.4) is 0 Å². The monoisotopic (exact) mass is 633 g/mol. The molecule has 0 aliphatic heterocycles. The molecule has 0 radical (unpaired) electrons. The van der Waals surface area contributed by atoms with Gasteiger partial charge in [-0.05, 0) is 65.4 Å². The lowest BCUT2D eigenvalue weighted by Crippen LogP contribution is -2.03. The Labute approximate surface area is 276 Å². The molecule has 47 heavy (non-hydrogen) atoms. The molecule has 11 aromatic rings. The summed E-state index contributed by atoms with van der Waals surface area (Å²) in [6.07, 6.45) is 0. The van der Waals surface area contributed by atoms with Crippen molar-refractivity contribution in [1.82, 2.24) is 14.5 Å². The number of benzene rings is 7. The van der Waals surface area contributed by atoms with Crippen LogP contribution in [0.25, 0.3) is 101 Å². The van der Waals surface area contributed by atoms with Gasteiger partial charge in [-0.3, -0.25) is 4.57 Å². The standard InChI is InChI=1S/C42H23N3S2/c1-2-10-25-23-38-31(21-24(25)9-1)30-22-26(17-19-36(30)47-38)41-27-11-3-6-14-32(27)43-42(44-41)45-33-15-7-4-12-28(33)39-34(45)18-20-37-40(39)29-13-5-8-16-35(29)46-37/h1-23H. The van der Waals surface area contributed by atoms with Crippen molar-refractivity contribution in [2.45, 2.75) is 0 Å². The molecule has 7 aromatic carbocycles. The lowest BCUT2D eigenvalue weighted by molar-refractivity contribution is 1.01. The topological polar surface area (TPSA) is 30.7 Å². The summed E-state index contributed by atoms with van der Waals surface area (Å²) in [7, 11) is 0. The molecule has 0 aliphatic carbocycles. The Balaban J connectivity index is 1.21. The Morgan fingerprint density at radius 1 is 0.426 bits per heavy atom. The molecule has 0 spiro atoms. The van der Waals surface area contributed by atoms with Crippen LogP contribution in [0.2, 0.25) is 0 Å². The lowest BCUT2D eigenvalue weighted by Gasteiger charge is -2.12. The molecule has 0 amide bonds. The third kappa shape index (κ3) is 3.61. The quantitative estimate of drug-likeness (QED) is 0.190. The van der Waals surface area contributed by atoms with E-state index in [0.29, 0.717) is 5.95 Å². The summed E-state index contributed by atoms with van der Waals surface area (Å²) in [5.74, 6) is 0.685. The fourth-order valence-electron chi connectivity index (χ4n) is 7.48. The average Bonchev–Trinajstić information content (AvgIpc) is 3.78. The molecule has 218 valence electrons. The van der Waals surface area contributed by atoms with E-state index in [1.54, 1.807) is 0 Å². The van der Waals surface area contributed by atoms with E-state index in [2.05, 4.69) is 144 Å². The molecule has 0 fully saturated rings. The number of hydrogen-bond donors (Lipinski definition) is 0. The minimum absolute atomic E-state index is 0.685. The van der Waals surface area contributed by atoms with Gasteiger partial charge in [-0.2, -0.15) is 0 Å². The number of nitrogens with zero attached hydrogens (tertiary/aromatic N) is 3. The highest BCUT2D eigenvalue weighted by molar-refractivity contribution is 7.26. The van der Waals surface area contributed by atoms with E-state index in [0.717, 1.165) is 33.2 Å². The van der Waals surface area contributed by atoms with Gasteiger partial charge in [-0.1, -0.05) is 84.9 Å². The van der Waals surface area contributed by atoms with Gasteiger partial charge in [0.1, 0.15) is 0 Å². The van der Waals surface area contributed by atoms with Crippen LogP contribution in [-0.2, 0) is 0 Å². The zero-order chi connectivity index (χ0) is 30.6. The van der Waals surface area contributed by atoms with Crippen molar-refractivity contribution >= 4 is 106 Å². The number of hydrogen-bond acceptors (Lipinski definition) is 4. The molecule has 4 aromatic heterocycles. The maximum Gasteiger partial charge on any atom is 0.235 e. The first-order valence-electron chi connectivity index (χ1n) is 15.7. The van der Waals surface area contributed by atoms with Gasteiger partial charge in [0.05, 0.1) is 22.2 Å². The van der Waals surface area contributed by atoms with Crippen LogP contribution >= 0.6 is 22.7 Å². The van der Waals surface area contributed by atoms with Gasteiger partial charge in [0.15, 0.2) is 0 Å². The van der Waals surface area contributed by atoms with Crippen molar-refractivity contribution in [1.29, 1.82) is 0 Å². The largest absolute Gasteiger partial charge is 0.278 e. The SMILES string of the molecule is c1ccc2cc3c(cc2c1)sc1ccc(-c2nc(-n4c5ccccc5c5c6c(ccc54)sc4ccccc46)nc4ccccc24)cc13. The summed E-state index contributed by atoms with van der Waals surface area (Å²) in [6, 6.07) is 50.4. The van der Waals surface area contributed by atoms with Crippen molar-refractivity contribution in [3.05, 3.63) is 140 Å². The molecular formula is C42H23N3S2. The Morgan fingerprint density at radius 3 is 2.02 bits per heavy atom. The van der Waals surface area contributed by atoms with E-state index < -0.39 is 0 Å². The van der Waals surface area contributed by atoms with Gasteiger partial charge in [0, 0.05) is 62.1 Å². The van der Waals surface area contributed by atoms with Gasteiger partial charge in [-0.15, -0.1) is 22.7 Å². The van der Waals surface area contributed by atoms with E-state index in [1.165, 1.54) is 61.9 Å². The van der Waals surface area contributed by atoms with E-state index in [4.69, 9.17) is 9.97 Å². The van der Waals surface area contributed by atoms with Crippen LogP contribution in [-0.4, -0.2) is 14.5 Å². The molecule has 5 heteroatoms. The average molecular weight is 634 g/mol. The van der Waals surface area contributed by atoms with Gasteiger partial charge in [-0.25, -0.2) is 9.97 Å². The summed E-state index contributed by atoms with van der Waals surface area (Å²) in [5.41, 5.74) is 5.20. The van der Waals surface area contributed by atoms with Crippen LogP contribution in [0.1, 0.15) is 0 Å². The van der Waals surface area contributed by atoms with Crippen molar-refractivity contribution < 1.29 is 0 Å². The summed E-state index contributed by atoms with van der Waals surface area (Å²) in [4.78, 5) is 10.7. The highest BCUT2D eigenvalue weighted by Gasteiger charge is 2.20. The molecule has 3 nitrogen and oxygen atoms in total. The van der Waals surface area contributed by atoms with E-state index in [-0.39, 0.29) is 0 Å². The first kappa shape index (κ1) is 25.6. The number of rotatable bonds is 2. The third-order valence-electron chi connectivity index (χ3n) is 9.58. The number of para-hydroxylation sites is 2. The summed E-state index contributed by atoms with van der Waals surface area (Å²) >= 11 is 3.71. The number of fused-ring (bicyclic) bond motifs is 12. The Hall–Kier alpha value is -5.62. The molecule has 0 atom stereocenters. The highest BCUT2D eigenvalue weighted by Crippen LogP contribution is 2.44. The zero-order valence-corrected chi connectivity index (χ0v) is 26.6. The van der Waals surface area contributed by atoms with Gasteiger partial charge >= 0.3 is 0 Å².